The zero-order chi connectivity index (χ0) is 12.8. The lowest BCUT2D eigenvalue weighted by Crippen LogP contribution is -1.97. The molecule has 0 aliphatic rings. The molecule has 0 saturated heterocycles. The summed E-state index contributed by atoms with van der Waals surface area (Å²) in [5.74, 6) is 0.186. The van der Waals surface area contributed by atoms with E-state index in [4.69, 9.17) is 0 Å². The van der Waals surface area contributed by atoms with Gasteiger partial charge in [-0.15, -0.1) is 0 Å². The Labute approximate surface area is 107 Å². The van der Waals surface area contributed by atoms with Gasteiger partial charge in [0.2, 0.25) is 0 Å². The summed E-state index contributed by atoms with van der Waals surface area (Å²) in [5.41, 5.74) is 1.83. The van der Waals surface area contributed by atoms with Crippen LogP contribution in [0.2, 0.25) is 0 Å². The van der Waals surface area contributed by atoms with Crippen molar-refractivity contribution in [2.75, 3.05) is 0 Å². The highest BCUT2D eigenvalue weighted by atomic mass is 16.3. The van der Waals surface area contributed by atoms with Crippen LogP contribution >= 0.6 is 0 Å². The molecule has 0 amide bonds. The minimum absolute atomic E-state index is 0.186. The molecule has 18 heavy (non-hydrogen) atoms. The normalized spacial score (nSPS) is 10.7. The van der Waals surface area contributed by atoms with Crippen molar-refractivity contribution in [1.82, 2.24) is 14.8 Å². The van der Waals surface area contributed by atoms with Gasteiger partial charge in [-0.3, -0.25) is 9.67 Å². The number of hydrogen-bond acceptors (Lipinski definition) is 3. The summed E-state index contributed by atoms with van der Waals surface area (Å²) in [7, 11) is 0. The lowest BCUT2D eigenvalue weighted by molar-refractivity contribution is 0.473. The minimum atomic E-state index is 0.186. The van der Waals surface area contributed by atoms with Crippen LogP contribution < -0.4 is 0 Å². The summed E-state index contributed by atoms with van der Waals surface area (Å²) in [6.45, 7) is 3.17. The molecule has 0 bridgehead atoms. The molecule has 4 nitrogen and oxygen atoms in total. The standard InChI is InChI=1S/C14H19N3O/c1-2-3-4-5-8-17-11-12(9-16-17)14-7-6-13(18)10-15-14/h6-7,9-11,18H,2-5,8H2,1H3. The SMILES string of the molecule is CCCCCCn1cc(-c2ccc(O)cn2)cn1. The monoisotopic (exact) mass is 245 g/mol. The van der Waals surface area contributed by atoms with E-state index < -0.39 is 0 Å². The van der Waals surface area contributed by atoms with E-state index in [0.29, 0.717) is 0 Å². The Kier molecular flexibility index (Phi) is 4.34. The first kappa shape index (κ1) is 12.6. The van der Waals surface area contributed by atoms with Gasteiger partial charge in [-0.2, -0.15) is 5.10 Å². The zero-order valence-electron chi connectivity index (χ0n) is 10.7. The zero-order valence-corrected chi connectivity index (χ0v) is 10.7. The second-order valence-electron chi connectivity index (χ2n) is 4.45. The molecule has 0 aromatic carbocycles. The van der Waals surface area contributed by atoms with Crippen molar-refractivity contribution >= 4 is 0 Å². The smallest absolute Gasteiger partial charge is 0.133 e. The van der Waals surface area contributed by atoms with Gasteiger partial charge in [-0.05, 0) is 18.6 Å². The molecule has 1 N–H and O–H groups in total. The predicted octanol–water partition coefficient (Wildman–Crippen LogP) is 3.23. The van der Waals surface area contributed by atoms with Gasteiger partial charge in [-0.1, -0.05) is 26.2 Å². The molecule has 2 aromatic rings. The van der Waals surface area contributed by atoms with Crippen molar-refractivity contribution in [2.45, 2.75) is 39.2 Å². The topological polar surface area (TPSA) is 50.9 Å². The lowest BCUT2D eigenvalue weighted by Gasteiger charge is -2.00. The van der Waals surface area contributed by atoms with Crippen LogP contribution in [0.3, 0.4) is 0 Å². The van der Waals surface area contributed by atoms with Crippen molar-refractivity contribution in [3.8, 4) is 17.0 Å². The molecule has 0 spiro atoms. The molecule has 96 valence electrons. The first-order valence-electron chi connectivity index (χ1n) is 6.47. The highest BCUT2D eigenvalue weighted by molar-refractivity contribution is 5.57. The van der Waals surface area contributed by atoms with E-state index in [2.05, 4.69) is 17.0 Å². The lowest BCUT2D eigenvalue weighted by atomic mass is 10.2. The van der Waals surface area contributed by atoms with Gasteiger partial charge in [0.25, 0.3) is 0 Å². The Hall–Kier alpha value is -1.84. The minimum Gasteiger partial charge on any atom is -0.506 e. The Morgan fingerprint density at radius 1 is 1.17 bits per heavy atom. The molecule has 4 heteroatoms. The third-order valence-electron chi connectivity index (χ3n) is 2.92. The number of aromatic hydroxyl groups is 1. The van der Waals surface area contributed by atoms with E-state index in [1.165, 1.54) is 25.5 Å². The highest BCUT2D eigenvalue weighted by Gasteiger charge is 2.03. The van der Waals surface area contributed by atoms with Crippen LogP contribution in [0.1, 0.15) is 32.6 Å². The second-order valence-corrected chi connectivity index (χ2v) is 4.45. The first-order valence-corrected chi connectivity index (χ1v) is 6.47. The maximum absolute atomic E-state index is 9.19. The number of rotatable bonds is 6. The molecule has 0 atom stereocenters. The third kappa shape index (κ3) is 3.32. The average Bonchev–Trinajstić information content (AvgIpc) is 2.84. The van der Waals surface area contributed by atoms with Gasteiger partial charge in [-0.25, -0.2) is 0 Å². The molecule has 2 aromatic heterocycles. The number of nitrogens with zero attached hydrogens (tertiary/aromatic N) is 3. The molecule has 0 saturated carbocycles. The predicted molar refractivity (Wildman–Crippen MR) is 71.3 cm³/mol. The number of aryl methyl sites for hydroxylation is 1. The summed E-state index contributed by atoms with van der Waals surface area (Å²) >= 11 is 0. The van der Waals surface area contributed by atoms with Crippen LogP contribution in [0.25, 0.3) is 11.3 Å². The highest BCUT2D eigenvalue weighted by Crippen LogP contribution is 2.18. The van der Waals surface area contributed by atoms with Gasteiger partial charge >= 0.3 is 0 Å². The summed E-state index contributed by atoms with van der Waals surface area (Å²) in [6, 6.07) is 3.44. The van der Waals surface area contributed by atoms with Crippen LogP contribution in [0.5, 0.6) is 5.75 Å². The molecule has 0 unspecified atom stereocenters. The molecule has 0 aliphatic carbocycles. The van der Waals surface area contributed by atoms with E-state index in [9.17, 15) is 5.11 Å². The molecular weight excluding hydrogens is 226 g/mol. The van der Waals surface area contributed by atoms with Crippen molar-refractivity contribution in [1.29, 1.82) is 0 Å². The van der Waals surface area contributed by atoms with Gasteiger partial charge < -0.3 is 5.11 Å². The Morgan fingerprint density at radius 3 is 2.78 bits per heavy atom. The number of pyridine rings is 1. The van der Waals surface area contributed by atoms with Crippen molar-refractivity contribution < 1.29 is 5.11 Å². The molecular formula is C14H19N3O. The molecule has 0 fully saturated rings. The number of unbranched alkanes of at least 4 members (excludes halogenated alkanes) is 3. The van der Waals surface area contributed by atoms with Crippen molar-refractivity contribution in [2.24, 2.45) is 0 Å². The fourth-order valence-electron chi connectivity index (χ4n) is 1.88. The van der Waals surface area contributed by atoms with E-state index in [0.717, 1.165) is 24.2 Å². The summed E-state index contributed by atoms with van der Waals surface area (Å²) in [5, 5.41) is 13.5. The van der Waals surface area contributed by atoms with E-state index in [-0.39, 0.29) is 5.75 Å². The number of hydrogen-bond donors (Lipinski definition) is 1. The maximum atomic E-state index is 9.19. The van der Waals surface area contributed by atoms with Crippen LogP contribution in [0, 0.1) is 0 Å². The molecule has 0 aliphatic heterocycles. The Morgan fingerprint density at radius 2 is 2.06 bits per heavy atom. The van der Waals surface area contributed by atoms with Gasteiger partial charge in [0, 0.05) is 18.3 Å². The van der Waals surface area contributed by atoms with Crippen LogP contribution in [-0.4, -0.2) is 19.9 Å². The van der Waals surface area contributed by atoms with Gasteiger partial charge in [0.15, 0.2) is 0 Å². The van der Waals surface area contributed by atoms with E-state index in [1.54, 1.807) is 12.1 Å². The van der Waals surface area contributed by atoms with Crippen molar-refractivity contribution in [3.05, 3.63) is 30.7 Å². The van der Waals surface area contributed by atoms with Crippen LogP contribution in [0.4, 0.5) is 0 Å². The molecule has 2 rings (SSSR count). The third-order valence-corrected chi connectivity index (χ3v) is 2.92. The Bertz CT molecular complexity index is 476. The van der Waals surface area contributed by atoms with Crippen molar-refractivity contribution in [3.63, 3.8) is 0 Å². The fraction of sp³-hybridized carbons (Fsp3) is 0.429. The van der Waals surface area contributed by atoms with E-state index in [1.807, 2.05) is 17.1 Å². The Balaban J connectivity index is 1.95. The van der Waals surface area contributed by atoms with Gasteiger partial charge in [0.05, 0.1) is 18.1 Å². The summed E-state index contributed by atoms with van der Waals surface area (Å²) in [4.78, 5) is 4.17. The summed E-state index contributed by atoms with van der Waals surface area (Å²) < 4.78 is 1.96. The van der Waals surface area contributed by atoms with Gasteiger partial charge in [0.1, 0.15) is 5.75 Å². The quantitative estimate of drug-likeness (QED) is 0.795. The number of aromatic nitrogens is 3. The van der Waals surface area contributed by atoms with E-state index >= 15 is 0 Å². The first-order chi connectivity index (χ1) is 8.79. The summed E-state index contributed by atoms with van der Waals surface area (Å²) in [6.07, 6.45) is 10.2. The van der Waals surface area contributed by atoms with Crippen LogP contribution in [0.15, 0.2) is 30.7 Å². The maximum Gasteiger partial charge on any atom is 0.133 e. The van der Waals surface area contributed by atoms with Crippen LogP contribution in [-0.2, 0) is 6.54 Å². The largest absolute Gasteiger partial charge is 0.506 e. The molecule has 0 radical (unpaired) electrons. The fourth-order valence-corrected chi connectivity index (χ4v) is 1.88. The molecule has 2 heterocycles. The second kappa shape index (κ2) is 6.19. The average molecular weight is 245 g/mol.